The molecule has 5 nitrogen and oxygen atoms in total. The summed E-state index contributed by atoms with van der Waals surface area (Å²) in [7, 11) is 4.08. The minimum atomic E-state index is -0.0177. The van der Waals surface area contributed by atoms with Gasteiger partial charge in [-0.3, -0.25) is 4.98 Å². The molecule has 1 aliphatic rings. The first-order chi connectivity index (χ1) is 12.6. The third-order valence-corrected chi connectivity index (χ3v) is 5.00. The molecule has 0 saturated carbocycles. The Balaban J connectivity index is 1.76. The van der Waals surface area contributed by atoms with Crippen molar-refractivity contribution in [3.05, 3.63) is 78.4 Å². The summed E-state index contributed by atoms with van der Waals surface area (Å²) in [5.41, 5.74) is 4.29. The molecule has 0 aliphatic carbocycles. The van der Waals surface area contributed by atoms with Crippen molar-refractivity contribution in [3.63, 3.8) is 0 Å². The average molecular weight is 363 g/mol. The summed E-state index contributed by atoms with van der Waals surface area (Å²) in [6.07, 6.45) is 3.76. The monoisotopic (exact) mass is 363 g/mol. The molecule has 1 saturated heterocycles. The van der Waals surface area contributed by atoms with Gasteiger partial charge in [0.05, 0.1) is 11.7 Å². The first-order valence-electron chi connectivity index (χ1n) is 8.56. The Morgan fingerprint density at radius 1 is 1.04 bits per heavy atom. The standard InChI is InChI=1S/C20H21N5S/c1-24(2)14-8-10-15(11-9-14)25-19(17-7-5-13-22-17)18(23-20(25)26)16-6-3-4-12-21-16/h3-13,18-19,22H,1-2H3,(H,23,26)/t18-,19-/m0/s1. The van der Waals surface area contributed by atoms with Crippen molar-refractivity contribution in [1.82, 2.24) is 15.3 Å². The van der Waals surface area contributed by atoms with Crippen molar-refractivity contribution in [2.45, 2.75) is 12.1 Å². The summed E-state index contributed by atoms with van der Waals surface area (Å²) < 4.78 is 0. The molecule has 132 valence electrons. The van der Waals surface area contributed by atoms with E-state index in [9.17, 15) is 0 Å². The summed E-state index contributed by atoms with van der Waals surface area (Å²) in [6, 6.07) is 18.5. The van der Waals surface area contributed by atoms with Crippen LogP contribution in [0.3, 0.4) is 0 Å². The Bertz CT molecular complexity index is 874. The van der Waals surface area contributed by atoms with Crippen LogP contribution >= 0.6 is 12.2 Å². The van der Waals surface area contributed by atoms with Crippen molar-refractivity contribution in [3.8, 4) is 0 Å². The largest absolute Gasteiger partial charge is 0.378 e. The number of pyridine rings is 1. The summed E-state index contributed by atoms with van der Waals surface area (Å²) in [5.74, 6) is 0. The lowest BCUT2D eigenvalue weighted by molar-refractivity contribution is 0.558. The molecule has 0 unspecified atom stereocenters. The quantitative estimate of drug-likeness (QED) is 0.693. The summed E-state index contributed by atoms with van der Waals surface area (Å²) in [4.78, 5) is 12.2. The number of nitrogens with zero attached hydrogens (tertiary/aromatic N) is 3. The Morgan fingerprint density at radius 2 is 1.85 bits per heavy atom. The van der Waals surface area contributed by atoms with E-state index in [-0.39, 0.29) is 12.1 Å². The third kappa shape index (κ3) is 2.93. The maximum atomic E-state index is 5.70. The van der Waals surface area contributed by atoms with E-state index in [1.165, 1.54) is 0 Å². The molecule has 0 amide bonds. The van der Waals surface area contributed by atoms with E-state index in [0.29, 0.717) is 5.11 Å². The highest BCUT2D eigenvalue weighted by atomic mass is 32.1. The molecule has 0 bridgehead atoms. The fourth-order valence-corrected chi connectivity index (χ4v) is 3.73. The smallest absolute Gasteiger partial charge is 0.174 e. The highest BCUT2D eigenvalue weighted by Crippen LogP contribution is 2.40. The van der Waals surface area contributed by atoms with Crippen molar-refractivity contribution < 1.29 is 0 Å². The predicted octanol–water partition coefficient (Wildman–Crippen LogP) is 3.65. The van der Waals surface area contributed by atoms with Crippen molar-refractivity contribution in [2.75, 3.05) is 23.9 Å². The van der Waals surface area contributed by atoms with Crippen LogP contribution in [-0.4, -0.2) is 29.2 Å². The molecule has 1 fully saturated rings. The van der Waals surface area contributed by atoms with Crippen LogP contribution in [0.1, 0.15) is 23.5 Å². The van der Waals surface area contributed by atoms with Crippen LogP contribution in [0.15, 0.2) is 67.0 Å². The number of rotatable bonds is 4. The molecule has 2 aromatic heterocycles. The lowest BCUT2D eigenvalue weighted by Gasteiger charge is -2.27. The molecule has 3 aromatic rings. The summed E-state index contributed by atoms with van der Waals surface area (Å²) >= 11 is 5.70. The zero-order chi connectivity index (χ0) is 18.1. The fraction of sp³-hybridized carbons (Fsp3) is 0.200. The number of aromatic nitrogens is 2. The normalized spacial score (nSPS) is 19.5. The second-order valence-electron chi connectivity index (χ2n) is 6.53. The third-order valence-electron chi connectivity index (χ3n) is 4.68. The van der Waals surface area contributed by atoms with E-state index in [1.54, 1.807) is 0 Å². The van der Waals surface area contributed by atoms with Gasteiger partial charge < -0.3 is 20.1 Å². The number of hydrogen-bond donors (Lipinski definition) is 2. The molecule has 6 heteroatoms. The van der Waals surface area contributed by atoms with Gasteiger partial charge in [0.15, 0.2) is 5.11 Å². The number of anilines is 2. The maximum absolute atomic E-state index is 5.70. The molecule has 2 atom stereocenters. The summed E-state index contributed by atoms with van der Waals surface area (Å²) in [5, 5.41) is 4.17. The number of H-pyrrole nitrogens is 1. The highest BCUT2D eigenvalue weighted by molar-refractivity contribution is 7.80. The lowest BCUT2D eigenvalue weighted by atomic mass is 10.0. The fourth-order valence-electron chi connectivity index (χ4n) is 3.39. The van der Waals surface area contributed by atoms with E-state index >= 15 is 0 Å². The molecule has 4 rings (SSSR count). The van der Waals surface area contributed by atoms with Gasteiger partial charge in [-0.15, -0.1) is 0 Å². The molecule has 0 spiro atoms. The van der Waals surface area contributed by atoms with Gasteiger partial charge in [-0.2, -0.15) is 0 Å². The zero-order valence-corrected chi connectivity index (χ0v) is 15.6. The van der Waals surface area contributed by atoms with Crippen molar-refractivity contribution >= 4 is 28.7 Å². The van der Waals surface area contributed by atoms with Crippen molar-refractivity contribution in [1.29, 1.82) is 0 Å². The van der Waals surface area contributed by atoms with Gasteiger partial charge in [-0.05, 0) is 60.7 Å². The summed E-state index contributed by atoms with van der Waals surface area (Å²) in [6.45, 7) is 0. The topological polar surface area (TPSA) is 47.2 Å². The molecule has 26 heavy (non-hydrogen) atoms. The van der Waals surface area contributed by atoms with E-state index in [4.69, 9.17) is 12.2 Å². The van der Waals surface area contributed by atoms with Crippen LogP contribution in [0.5, 0.6) is 0 Å². The molecular weight excluding hydrogens is 342 g/mol. The zero-order valence-electron chi connectivity index (χ0n) is 14.8. The maximum Gasteiger partial charge on any atom is 0.174 e. The molecular formula is C20H21N5S. The van der Waals surface area contributed by atoms with E-state index in [0.717, 1.165) is 22.8 Å². The molecule has 1 aromatic carbocycles. The number of hydrogen-bond acceptors (Lipinski definition) is 3. The van der Waals surface area contributed by atoms with Crippen LogP contribution in [0.25, 0.3) is 0 Å². The van der Waals surface area contributed by atoms with Crippen molar-refractivity contribution in [2.24, 2.45) is 0 Å². The minimum absolute atomic E-state index is 0.0117. The molecule has 1 aliphatic heterocycles. The molecule has 2 N–H and O–H groups in total. The second-order valence-corrected chi connectivity index (χ2v) is 6.92. The van der Waals surface area contributed by atoms with Gasteiger partial charge in [-0.1, -0.05) is 6.07 Å². The Morgan fingerprint density at radius 3 is 2.46 bits per heavy atom. The lowest BCUT2D eigenvalue weighted by Crippen LogP contribution is -2.29. The van der Waals surface area contributed by atoms with E-state index in [1.807, 2.05) is 50.8 Å². The second kappa shape index (κ2) is 6.80. The SMILES string of the molecule is CN(C)c1ccc(N2C(=S)N[C@@H](c3ccccn3)[C@@H]2c2ccc[nH]2)cc1. The Labute approximate surface area is 158 Å². The predicted molar refractivity (Wildman–Crippen MR) is 109 cm³/mol. The van der Waals surface area contributed by atoms with E-state index < -0.39 is 0 Å². The Kier molecular flexibility index (Phi) is 4.34. The average Bonchev–Trinajstić information content (AvgIpc) is 3.30. The van der Waals surface area contributed by atoms with Crippen LogP contribution in [-0.2, 0) is 0 Å². The van der Waals surface area contributed by atoms with Crippen LogP contribution in [0.4, 0.5) is 11.4 Å². The van der Waals surface area contributed by atoms with Gasteiger partial charge in [0.1, 0.15) is 6.04 Å². The number of aromatic amines is 1. The van der Waals surface area contributed by atoms with Crippen LogP contribution < -0.4 is 15.1 Å². The van der Waals surface area contributed by atoms with Gasteiger partial charge in [0.2, 0.25) is 0 Å². The number of benzene rings is 1. The Hall–Kier alpha value is -2.86. The first-order valence-corrected chi connectivity index (χ1v) is 8.97. The van der Waals surface area contributed by atoms with Gasteiger partial charge in [0.25, 0.3) is 0 Å². The molecule has 0 radical (unpaired) electrons. The van der Waals surface area contributed by atoms with Crippen LogP contribution in [0, 0.1) is 0 Å². The number of nitrogens with one attached hydrogen (secondary N) is 2. The van der Waals surface area contributed by atoms with Gasteiger partial charge >= 0.3 is 0 Å². The van der Waals surface area contributed by atoms with Crippen LogP contribution in [0.2, 0.25) is 0 Å². The van der Waals surface area contributed by atoms with Gasteiger partial charge in [-0.25, -0.2) is 0 Å². The first kappa shape index (κ1) is 16.6. The minimum Gasteiger partial charge on any atom is -0.378 e. The molecule has 3 heterocycles. The van der Waals surface area contributed by atoms with E-state index in [2.05, 4.69) is 55.4 Å². The highest BCUT2D eigenvalue weighted by Gasteiger charge is 2.41. The number of thiocarbonyl (C=S) groups is 1. The van der Waals surface area contributed by atoms with Gasteiger partial charge in [0, 0.05) is 43.6 Å².